The molecule has 3 nitrogen and oxygen atoms in total. The number of hydrogen-bond acceptors (Lipinski definition) is 2. The van der Waals surface area contributed by atoms with Crippen LogP contribution in [0.5, 0.6) is 0 Å². The van der Waals surface area contributed by atoms with Crippen molar-refractivity contribution in [1.29, 1.82) is 0 Å². The molecular formula is C8H14BNO2. The highest BCUT2D eigenvalue weighted by molar-refractivity contribution is 6.12. The van der Waals surface area contributed by atoms with E-state index >= 15 is 0 Å². The van der Waals surface area contributed by atoms with Gasteiger partial charge in [-0.25, -0.2) is 0 Å². The molecule has 1 N–H and O–H groups in total. The standard InChI is InChI=1S/C8H14BNO2/c1-10-6(2-4-7(9)11)3-5-8(10)12/h2,4,6-7,11H,3,5,9H2,1H3/b4-2+/t6-,7?/m0/s1. The summed E-state index contributed by atoms with van der Waals surface area (Å²) in [5.74, 6) is 0.190. The molecule has 0 aromatic carbocycles. The van der Waals surface area contributed by atoms with E-state index in [1.165, 1.54) is 0 Å². The van der Waals surface area contributed by atoms with E-state index in [1.54, 1.807) is 25.9 Å². The highest BCUT2D eigenvalue weighted by atomic mass is 16.3. The molecule has 1 saturated heterocycles. The van der Waals surface area contributed by atoms with Gasteiger partial charge in [0.1, 0.15) is 7.85 Å². The third-order valence-corrected chi connectivity index (χ3v) is 2.16. The fourth-order valence-corrected chi connectivity index (χ4v) is 1.34. The van der Waals surface area contributed by atoms with Gasteiger partial charge in [0.2, 0.25) is 5.91 Å². The smallest absolute Gasteiger partial charge is 0.222 e. The number of hydrogen-bond donors (Lipinski definition) is 1. The molecule has 0 saturated carbocycles. The first kappa shape index (κ1) is 9.32. The first-order valence-corrected chi connectivity index (χ1v) is 4.23. The number of nitrogens with zero attached hydrogens (tertiary/aromatic N) is 1. The molecule has 1 fully saturated rings. The van der Waals surface area contributed by atoms with E-state index in [4.69, 9.17) is 5.11 Å². The predicted molar refractivity (Wildman–Crippen MR) is 49.5 cm³/mol. The summed E-state index contributed by atoms with van der Waals surface area (Å²) >= 11 is 0. The molecule has 0 aromatic heterocycles. The van der Waals surface area contributed by atoms with Crippen molar-refractivity contribution in [2.45, 2.75) is 24.9 Å². The van der Waals surface area contributed by atoms with E-state index in [0.717, 1.165) is 6.42 Å². The van der Waals surface area contributed by atoms with Crippen LogP contribution in [-0.4, -0.2) is 42.9 Å². The fraction of sp³-hybridized carbons (Fsp3) is 0.625. The third-order valence-electron chi connectivity index (χ3n) is 2.16. The van der Waals surface area contributed by atoms with Crippen LogP contribution in [-0.2, 0) is 4.79 Å². The second kappa shape index (κ2) is 3.76. The first-order chi connectivity index (χ1) is 5.61. The van der Waals surface area contributed by atoms with E-state index in [2.05, 4.69) is 0 Å². The Labute approximate surface area is 73.5 Å². The molecule has 4 heteroatoms. The van der Waals surface area contributed by atoms with Crippen LogP contribution in [0.15, 0.2) is 12.2 Å². The number of carbonyl (C=O) groups excluding carboxylic acids is 1. The third kappa shape index (κ3) is 2.11. The molecule has 0 aliphatic carbocycles. The summed E-state index contributed by atoms with van der Waals surface area (Å²) in [5.41, 5.74) is 0. The maximum Gasteiger partial charge on any atom is 0.222 e. The van der Waals surface area contributed by atoms with Crippen molar-refractivity contribution in [3.05, 3.63) is 12.2 Å². The van der Waals surface area contributed by atoms with Crippen molar-refractivity contribution in [2.75, 3.05) is 7.05 Å². The molecular weight excluding hydrogens is 153 g/mol. The Hall–Kier alpha value is -0.765. The zero-order valence-electron chi connectivity index (χ0n) is 7.53. The Bertz CT molecular complexity index is 203. The minimum Gasteiger partial charge on any atom is -0.398 e. The van der Waals surface area contributed by atoms with E-state index < -0.39 is 6.00 Å². The Balaban J connectivity index is 2.49. The second-order valence-electron chi connectivity index (χ2n) is 3.24. The molecule has 0 aromatic rings. The lowest BCUT2D eigenvalue weighted by Crippen LogP contribution is -2.27. The van der Waals surface area contributed by atoms with Gasteiger partial charge in [0.25, 0.3) is 0 Å². The van der Waals surface area contributed by atoms with E-state index in [0.29, 0.717) is 6.42 Å². The van der Waals surface area contributed by atoms with Crippen molar-refractivity contribution in [2.24, 2.45) is 0 Å². The number of aliphatic hydroxyl groups is 1. The average molecular weight is 167 g/mol. The Morgan fingerprint density at radius 2 is 2.50 bits per heavy atom. The van der Waals surface area contributed by atoms with Crippen LogP contribution in [0, 0.1) is 0 Å². The zero-order valence-corrected chi connectivity index (χ0v) is 7.53. The van der Waals surface area contributed by atoms with Gasteiger partial charge in [0.15, 0.2) is 0 Å². The Morgan fingerprint density at radius 1 is 1.83 bits per heavy atom. The van der Waals surface area contributed by atoms with Crippen LogP contribution in [0.3, 0.4) is 0 Å². The average Bonchev–Trinajstić information content (AvgIpc) is 2.30. The maximum absolute atomic E-state index is 11.1. The minimum absolute atomic E-state index is 0.187. The summed E-state index contributed by atoms with van der Waals surface area (Å²) in [6.07, 6.45) is 5.12. The summed E-state index contributed by atoms with van der Waals surface area (Å²) in [6.45, 7) is 0. The zero-order chi connectivity index (χ0) is 9.14. The highest BCUT2D eigenvalue weighted by Crippen LogP contribution is 2.17. The summed E-state index contributed by atoms with van der Waals surface area (Å²) in [4.78, 5) is 12.8. The number of aliphatic hydroxyl groups excluding tert-OH is 1. The maximum atomic E-state index is 11.1. The number of amides is 1. The van der Waals surface area contributed by atoms with Crippen LogP contribution < -0.4 is 0 Å². The normalized spacial score (nSPS) is 27.0. The Morgan fingerprint density at radius 3 is 2.92 bits per heavy atom. The number of carbonyl (C=O) groups is 1. The van der Waals surface area contributed by atoms with Gasteiger partial charge in [-0.2, -0.15) is 0 Å². The molecule has 2 atom stereocenters. The lowest BCUT2D eigenvalue weighted by molar-refractivity contribution is -0.127. The van der Waals surface area contributed by atoms with Crippen LogP contribution in [0.2, 0.25) is 0 Å². The van der Waals surface area contributed by atoms with Gasteiger partial charge in [0.05, 0.1) is 6.04 Å². The van der Waals surface area contributed by atoms with E-state index in [-0.39, 0.29) is 11.9 Å². The second-order valence-corrected chi connectivity index (χ2v) is 3.24. The minimum atomic E-state index is -0.422. The lowest BCUT2D eigenvalue weighted by atomic mass is 9.99. The van der Waals surface area contributed by atoms with Crippen molar-refractivity contribution in [3.63, 3.8) is 0 Å². The summed E-state index contributed by atoms with van der Waals surface area (Å²) in [7, 11) is 3.50. The molecule has 0 radical (unpaired) electrons. The molecule has 1 heterocycles. The number of likely N-dealkylation sites (tertiary alicyclic amines) is 1. The van der Waals surface area contributed by atoms with Gasteiger partial charge in [-0.15, -0.1) is 0 Å². The number of likely N-dealkylation sites (N-methyl/N-ethyl adjacent to an activating group) is 1. The monoisotopic (exact) mass is 167 g/mol. The fourth-order valence-electron chi connectivity index (χ4n) is 1.34. The highest BCUT2D eigenvalue weighted by Gasteiger charge is 2.24. The molecule has 0 bridgehead atoms. The van der Waals surface area contributed by atoms with Crippen molar-refractivity contribution in [3.8, 4) is 0 Å². The predicted octanol–water partition coefficient (Wildman–Crippen LogP) is -0.885. The van der Waals surface area contributed by atoms with Crippen molar-refractivity contribution >= 4 is 13.8 Å². The molecule has 66 valence electrons. The van der Waals surface area contributed by atoms with Gasteiger partial charge in [-0.05, 0) is 6.42 Å². The SMILES string of the molecule is BC(O)/C=C/[C@H]1CCC(=O)N1C. The van der Waals surface area contributed by atoms with Crippen LogP contribution in [0.1, 0.15) is 12.8 Å². The van der Waals surface area contributed by atoms with Gasteiger partial charge in [0, 0.05) is 19.5 Å². The summed E-state index contributed by atoms with van der Waals surface area (Å²) < 4.78 is 0. The first-order valence-electron chi connectivity index (χ1n) is 4.23. The number of rotatable bonds is 2. The van der Waals surface area contributed by atoms with Crippen LogP contribution in [0.4, 0.5) is 0 Å². The molecule has 1 amide bonds. The molecule has 1 unspecified atom stereocenters. The molecule has 1 aliphatic rings. The van der Waals surface area contributed by atoms with Crippen LogP contribution in [0.25, 0.3) is 0 Å². The quantitative estimate of drug-likeness (QED) is 0.428. The molecule has 1 rings (SSSR count). The lowest BCUT2D eigenvalue weighted by Gasteiger charge is -2.15. The van der Waals surface area contributed by atoms with E-state index in [9.17, 15) is 4.79 Å². The molecule has 12 heavy (non-hydrogen) atoms. The Kier molecular flexibility index (Phi) is 2.92. The van der Waals surface area contributed by atoms with Gasteiger partial charge >= 0.3 is 0 Å². The van der Waals surface area contributed by atoms with E-state index in [1.807, 2.05) is 6.08 Å². The largest absolute Gasteiger partial charge is 0.398 e. The molecule has 1 aliphatic heterocycles. The molecule has 0 spiro atoms. The topological polar surface area (TPSA) is 40.5 Å². The van der Waals surface area contributed by atoms with Crippen LogP contribution >= 0.6 is 0 Å². The van der Waals surface area contributed by atoms with Gasteiger partial charge in [-0.1, -0.05) is 12.2 Å². The van der Waals surface area contributed by atoms with Gasteiger partial charge in [-0.3, -0.25) is 4.79 Å². The summed E-state index contributed by atoms with van der Waals surface area (Å²) in [6, 6.07) is -0.235. The van der Waals surface area contributed by atoms with Gasteiger partial charge < -0.3 is 10.0 Å². The van der Waals surface area contributed by atoms with Crippen molar-refractivity contribution < 1.29 is 9.90 Å². The van der Waals surface area contributed by atoms with Crippen molar-refractivity contribution in [1.82, 2.24) is 4.90 Å². The summed E-state index contributed by atoms with van der Waals surface area (Å²) in [5, 5.41) is 8.97.